The van der Waals surface area contributed by atoms with Crippen molar-refractivity contribution in [1.29, 1.82) is 0 Å². The van der Waals surface area contributed by atoms with Gasteiger partial charge in [-0.15, -0.1) is 0 Å². The van der Waals surface area contributed by atoms with Gasteiger partial charge in [-0.05, 0) is 38.6 Å². The van der Waals surface area contributed by atoms with E-state index >= 15 is 0 Å². The van der Waals surface area contributed by atoms with Crippen LogP contribution in [0.1, 0.15) is 26.2 Å². The zero-order valence-electron chi connectivity index (χ0n) is 13.1. The van der Waals surface area contributed by atoms with Crippen LogP contribution in [0.25, 0.3) is 0 Å². The van der Waals surface area contributed by atoms with Gasteiger partial charge in [-0.1, -0.05) is 6.42 Å². The van der Waals surface area contributed by atoms with Crippen molar-refractivity contribution >= 4 is 17.3 Å². The number of carbonyl (C=O) groups excluding carboxylic acids is 1. The van der Waals surface area contributed by atoms with Gasteiger partial charge >= 0.3 is 0 Å². The van der Waals surface area contributed by atoms with E-state index in [4.69, 9.17) is 4.74 Å². The highest BCUT2D eigenvalue weighted by molar-refractivity contribution is 5.90. The van der Waals surface area contributed by atoms with Gasteiger partial charge in [0.2, 0.25) is 5.91 Å². The van der Waals surface area contributed by atoms with Crippen molar-refractivity contribution in [3.8, 4) is 5.75 Å². The van der Waals surface area contributed by atoms with E-state index in [1.165, 1.54) is 32.7 Å². The average Bonchev–Trinajstić information content (AvgIpc) is 2.47. The van der Waals surface area contributed by atoms with Crippen LogP contribution in [0.3, 0.4) is 0 Å². The second-order valence-electron chi connectivity index (χ2n) is 5.61. The summed E-state index contributed by atoms with van der Waals surface area (Å²) in [5.41, 5.74) is 1.71. The minimum atomic E-state index is -0.0992. The zero-order valence-corrected chi connectivity index (χ0v) is 13.1. The Labute approximate surface area is 126 Å². The Morgan fingerprint density at radius 1 is 1.43 bits per heavy atom. The average molecular weight is 291 g/mol. The Hall–Kier alpha value is -1.75. The molecular formula is C16H25N3O2. The maximum atomic E-state index is 11.1. The topological polar surface area (TPSA) is 53.6 Å². The number of methoxy groups -OCH3 is 1. The van der Waals surface area contributed by atoms with Gasteiger partial charge in [-0.2, -0.15) is 0 Å². The fraction of sp³-hybridized carbons (Fsp3) is 0.562. The molecule has 0 spiro atoms. The lowest BCUT2D eigenvalue weighted by Crippen LogP contribution is -2.40. The molecule has 0 bridgehead atoms. The Kier molecular flexibility index (Phi) is 5.44. The monoisotopic (exact) mass is 291 g/mol. The molecule has 0 radical (unpaired) electrons. The van der Waals surface area contributed by atoms with E-state index in [1.807, 2.05) is 18.2 Å². The third-order valence-corrected chi connectivity index (χ3v) is 3.98. The van der Waals surface area contributed by atoms with Crippen LogP contribution in [-0.4, -0.2) is 44.1 Å². The number of likely N-dealkylation sites (tertiary alicyclic amines) is 1. The first kappa shape index (κ1) is 15.6. The molecule has 0 saturated carbocycles. The molecule has 1 saturated heterocycles. The Balaban J connectivity index is 1.98. The molecule has 2 rings (SSSR count). The Morgan fingerprint density at radius 2 is 2.24 bits per heavy atom. The van der Waals surface area contributed by atoms with E-state index < -0.39 is 0 Å². The number of ether oxygens (including phenoxy) is 1. The van der Waals surface area contributed by atoms with Crippen molar-refractivity contribution in [2.75, 3.05) is 37.9 Å². The number of nitrogens with one attached hydrogen (secondary N) is 2. The van der Waals surface area contributed by atoms with Crippen LogP contribution in [0, 0.1) is 0 Å². The largest absolute Gasteiger partial charge is 0.494 e. The van der Waals surface area contributed by atoms with Gasteiger partial charge in [-0.3, -0.25) is 4.79 Å². The molecule has 116 valence electrons. The molecular weight excluding hydrogens is 266 g/mol. The lowest BCUT2D eigenvalue weighted by molar-refractivity contribution is -0.114. The second-order valence-corrected chi connectivity index (χ2v) is 5.61. The van der Waals surface area contributed by atoms with Gasteiger partial charge in [0.1, 0.15) is 5.75 Å². The highest BCUT2D eigenvalue weighted by Gasteiger charge is 2.18. The third-order valence-electron chi connectivity index (χ3n) is 3.98. The Bertz CT molecular complexity index is 490. The molecule has 1 fully saturated rings. The van der Waals surface area contributed by atoms with Gasteiger partial charge in [0, 0.05) is 31.3 Å². The number of rotatable bonds is 5. The van der Waals surface area contributed by atoms with E-state index in [9.17, 15) is 4.79 Å². The van der Waals surface area contributed by atoms with Crippen molar-refractivity contribution in [1.82, 2.24) is 4.90 Å². The highest BCUT2D eigenvalue weighted by atomic mass is 16.5. The maximum Gasteiger partial charge on any atom is 0.221 e. The van der Waals surface area contributed by atoms with E-state index in [0.717, 1.165) is 12.2 Å². The van der Waals surface area contributed by atoms with Crippen LogP contribution in [0.4, 0.5) is 11.4 Å². The summed E-state index contributed by atoms with van der Waals surface area (Å²) in [4.78, 5) is 13.6. The molecule has 1 aromatic carbocycles. The van der Waals surface area contributed by atoms with Gasteiger partial charge in [0.15, 0.2) is 0 Å². The molecule has 21 heavy (non-hydrogen) atoms. The van der Waals surface area contributed by atoms with Gasteiger partial charge < -0.3 is 20.3 Å². The summed E-state index contributed by atoms with van der Waals surface area (Å²) >= 11 is 0. The van der Waals surface area contributed by atoms with Crippen LogP contribution >= 0.6 is 0 Å². The first-order valence-corrected chi connectivity index (χ1v) is 7.50. The van der Waals surface area contributed by atoms with Crippen molar-refractivity contribution in [3.63, 3.8) is 0 Å². The lowest BCUT2D eigenvalue weighted by atomic mass is 10.0. The van der Waals surface area contributed by atoms with E-state index in [-0.39, 0.29) is 5.91 Å². The molecule has 0 aliphatic carbocycles. The van der Waals surface area contributed by atoms with Gasteiger partial charge in [0.05, 0.1) is 12.8 Å². The number of piperidine rings is 1. The van der Waals surface area contributed by atoms with Crippen molar-refractivity contribution in [3.05, 3.63) is 18.2 Å². The fourth-order valence-electron chi connectivity index (χ4n) is 2.73. The SMILES string of the molecule is COc1cc(NCC2CCCCN2C)ccc1NC(C)=O. The van der Waals surface area contributed by atoms with Crippen LogP contribution in [0.2, 0.25) is 0 Å². The van der Waals surface area contributed by atoms with Gasteiger partial charge in [-0.25, -0.2) is 0 Å². The number of anilines is 2. The van der Waals surface area contributed by atoms with Crippen molar-refractivity contribution in [2.24, 2.45) is 0 Å². The summed E-state index contributed by atoms with van der Waals surface area (Å²) in [5.74, 6) is 0.574. The second kappa shape index (κ2) is 7.31. The van der Waals surface area contributed by atoms with Crippen LogP contribution in [0.15, 0.2) is 18.2 Å². The molecule has 1 heterocycles. The maximum absolute atomic E-state index is 11.1. The molecule has 5 heteroatoms. The molecule has 0 aromatic heterocycles. The van der Waals surface area contributed by atoms with Crippen LogP contribution in [0.5, 0.6) is 5.75 Å². The predicted octanol–water partition coefficient (Wildman–Crippen LogP) is 2.55. The number of likely N-dealkylation sites (N-methyl/N-ethyl adjacent to an activating group) is 1. The number of benzene rings is 1. The van der Waals surface area contributed by atoms with E-state index in [0.29, 0.717) is 17.5 Å². The summed E-state index contributed by atoms with van der Waals surface area (Å²) in [6.45, 7) is 3.60. The number of hydrogen-bond acceptors (Lipinski definition) is 4. The summed E-state index contributed by atoms with van der Waals surface area (Å²) in [5, 5.41) is 6.23. The normalized spacial score (nSPS) is 19.1. The molecule has 1 amide bonds. The fourth-order valence-corrected chi connectivity index (χ4v) is 2.73. The molecule has 1 aliphatic heterocycles. The van der Waals surface area contributed by atoms with E-state index in [1.54, 1.807) is 7.11 Å². The molecule has 1 unspecified atom stereocenters. The summed E-state index contributed by atoms with van der Waals surface area (Å²) in [7, 11) is 3.80. The zero-order chi connectivity index (χ0) is 15.2. The van der Waals surface area contributed by atoms with Gasteiger partial charge in [0.25, 0.3) is 0 Å². The highest BCUT2D eigenvalue weighted by Crippen LogP contribution is 2.28. The summed E-state index contributed by atoms with van der Waals surface area (Å²) in [6, 6.07) is 6.34. The standard InChI is InChI=1S/C16H25N3O2/c1-12(20)18-15-8-7-13(10-16(15)21-3)17-11-14-6-4-5-9-19(14)2/h7-8,10,14,17H,4-6,9,11H2,1-3H3,(H,18,20). The van der Waals surface area contributed by atoms with Crippen LogP contribution in [-0.2, 0) is 4.79 Å². The predicted molar refractivity (Wildman–Crippen MR) is 86.1 cm³/mol. The minimum Gasteiger partial charge on any atom is -0.494 e. The lowest BCUT2D eigenvalue weighted by Gasteiger charge is -2.32. The number of hydrogen-bond donors (Lipinski definition) is 2. The molecule has 1 aliphatic rings. The third kappa shape index (κ3) is 4.36. The number of carbonyl (C=O) groups is 1. The minimum absolute atomic E-state index is 0.0992. The van der Waals surface area contributed by atoms with E-state index in [2.05, 4.69) is 22.6 Å². The molecule has 5 nitrogen and oxygen atoms in total. The molecule has 1 aromatic rings. The van der Waals surface area contributed by atoms with Crippen molar-refractivity contribution < 1.29 is 9.53 Å². The smallest absolute Gasteiger partial charge is 0.221 e. The summed E-state index contributed by atoms with van der Waals surface area (Å²) in [6.07, 6.45) is 3.85. The number of amides is 1. The van der Waals surface area contributed by atoms with Crippen LogP contribution < -0.4 is 15.4 Å². The first-order valence-electron chi connectivity index (χ1n) is 7.50. The first-order chi connectivity index (χ1) is 10.1. The summed E-state index contributed by atoms with van der Waals surface area (Å²) < 4.78 is 5.33. The molecule has 1 atom stereocenters. The number of nitrogens with zero attached hydrogens (tertiary/aromatic N) is 1. The Morgan fingerprint density at radius 3 is 2.90 bits per heavy atom. The quantitative estimate of drug-likeness (QED) is 0.875. The molecule has 2 N–H and O–H groups in total. The van der Waals surface area contributed by atoms with Crippen molar-refractivity contribution in [2.45, 2.75) is 32.2 Å².